The molecule has 0 fully saturated rings. The van der Waals surface area contributed by atoms with Gasteiger partial charge >= 0.3 is 0 Å². The maximum atomic E-state index is 5.95. The zero-order chi connectivity index (χ0) is 11.0. The summed E-state index contributed by atoms with van der Waals surface area (Å²) < 4.78 is 5.56. The van der Waals surface area contributed by atoms with Crippen molar-refractivity contribution >= 4 is 16.8 Å². The minimum atomic E-state index is -0.184. The van der Waals surface area contributed by atoms with Crippen LogP contribution >= 0.6 is 0 Å². The molecule has 0 radical (unpaired) electrons. The van der Waals surface area contributed by atoms with E-state index in [1.807, 2.05) is 26.0 Å². The Morgan fingerprint density at radius 2 is 2.07 bits per heavy atom. The molecule has 0 unspecified atom stereocenters. The van der Waals surface area contributed by atoms with Gasteiger partial charge in [-0.25, -0.2) is 4.98 Å². The van der Waals surface area contributed by atoms with Gasteiger partial charge < -0.3 is 15.9 Å². The van der Waals surface area contributed by atoms with Gasteiger partial charge in [0.1, 0.15) is 5.52 Å². The number of rotatable bonds is 2. The largest absolute Gasteiger partial charge is 0.437 e. The molecule has 4 N–H and O–H groups in total. The summed E-state index contributed by atoms with van der Waals surface area (Å²) in [5, 5.41) is 0. The molecule has 0 spiro atoms. The van der Waals surface area contributed by atoms with Crippen molar-refractivity contribution in [1.29, 1.82) is 0 Å². The van der Waals surface area contributed by atoms with Gasteiger partial charge in [-0.2, -0.15) is 0 Å². The number of nitrogens with two attached hydrogens (primary N) is 2. The summed E-state index contributed by atoms with van der Waals surface area (Å²) >= 11 is 0. The summed E-state index contributed by atoms with van der Waals surface area (Å²) in [7, 11) is 0. The van der Waals surface area contributed by atoms with Crippen molar-refractivity contribution < 1.29 is 4.42 Å². The molecule has 1 aromatic heterocycles. The molecule has 80 valence electrons. The third-order valence-corrected chi connectivity index (χ3v) is 2.47. The van der Waals surface area contributed by atoms with Crippen LogP contribution in [0, 0.1) is 5.92 Å². The third-order valence-electron chi connectivity index (χ3n) is 2.47. The molecule has 1 aromatic carbocycles. The molecular weight excluding hydrogens is 190 g/mol. The van der Waals surface area contributed by atoms with E-state index in [4.69, 9.17) is 15.9 Å². The molecule has 1 heterocycles. The summed E-state index contributed by atoms with van der Waals surface area (Å²) in [5.41, 5.74) is 13.7. The number of fused-ring (bicyclic) bond motifs is 1. The Morgan fingerprint density at radius 3 is 2.67 bits per heavy atom. The first kappa shape index (κ1) is 9.98. The second-order valence-corrected chi connectivity index (χ2v) is 4.02. The van der Waals surface area contributed by atoms with E-state index >= 15 is 0 Å². The Kier molecular flexibility index (Phi) is 2.36. The van der Waals surface area contributed by atoms with Crippen LogP contribution in [0.2, 0.25) is 0 Å². The number of oxazole rings is 1. The Labute approximate surface area is 88.3 Å². The highest BCUT2D eigenvalue weighted by Gasteiger charge is 2.17. The minimum absolute atomic E-state index is 0.184. The van der Waals surface area contributed by atoms with E-state index in [1.165, 1.54) is 0 Å². The van der Waals surface area contributed by atoms with Gasteiger partial charge in [-0.1, -0.05) is 19.9 Å². The Hall–Kier alpha value is -1.55. The molecular formula is C11H15N3O. The van der Waals surface area contributed by atoms with Crippen molar-refractivity contribution in [1.82, 2.24) is 4.98 Å². The highest BCUT2D eigenvalue weighted by atomic mass is 16.3. The van der Waals surface area contributed by atoms with Gasteiger partial charge in [0.15, 0.2) is 5.58 Å². The van der Waals surface area contributed by atoms with Gasteiger partial charge in [-0.3, -0.25) is 0 Å². The molecule has 2 rings (SSSR count). The number of aromatic nitrogens is 1. The van der Waals surface area contributed by atoms with Crippen LogP contribution in [0.5, 0.6) is 0 Å². The molecule has 0 aliphatic rings. The van der Waals surface area contributed by atoms with Crippen LogP contribution in [-0.2, 0) is 0 Å². The smallest absolute Gasteiger partial charge is 0.212 e. The van der Waals surface area contributed by atoms with Gasteiger partial charge in [-0.15, -0.1) is 0 Å². The lowest BCUT2D eigenvalue weighted by Gasteiger charge is -2.10. The number of nitrogen functional groups attached to an aromatic ring is 1. The molecule has 0 bridgehead atoms. The second kappa shape index (κ2) is 3.55. The number of anilines is 1. The number of nitrogens with zero attached hydrogens (tertiary/aromatic N) is 1. The van der Waals surface area contributed by atoms with Crippen LogP contribution in [-0.4, -0.2) is 4.98 Å². The summed E-state index contributed by atoms with van der Waals surface area (Å²) in [5.74, 6) is 0.845. The standard InChI is InChI=1S/C11H15N3O/c1-6(2)9(13)11-14-8-5-3-4-7(12)10(8)15-11/h3-6,9H,12-13H2,1-2H3/t9-/m0/s1. The lowest BCUT2D eigenvalue weighted by Crippen LogP contribution is -2.16. The van der Waals surface area contributed by atoms with Crippen molar-refractivity contribution in [3.63, 3.8) is 0 Å². The van der Waals surface area contributed by atoms with Crippen LogP contribution in [0.1, 0.15) is 25.8 Å². The summed E-state index contributed by atoms with van der Waals surface area (Å²) in [6.07, 6.45) is 0. The molecule has 0 aliphatic heterocycles. The van der Waals surface area contributed by atoms with E-state index in [9.17, 15) is 0 Å². The van der Waals surface area contributed by atoms with Crippen molar-refractivity contribution in [3.8, 4) is 0 Å². The van der Waals surface area contributed by atoms with E-state index in [-0.39, 0.29) is 6.04 Å². The van der Waals surface area contributed by atoms with Crippen LogP contribution in [0.4, 0.5) is 5.69 Å². The number of para-hydroxylation sites is 1. The lowest BCUT2D eigenvalue weighted by atomic mass is 10.1. The quantitative estimate of drug-likeness (QED) is 0.735. The maximum Gasteiger partial charge on any atom is 0.212 e. The fourth-order valence-electron chi connectivity index (χ4n) is 1.42. The lowest BCUT2D eigenvalue weighted by molar-refractivity contribution is 0.403. The van der Waals surface area contributed by atoms with Crippen molar-refractivity contribution in [3.05, 3.63) is 24.1 Å². The highest BCUT2D eigenvalue weighted by molar-refractivity contribution is 5.84. The fourth-order valence-corrected chi connectivity index (χ4v) is 1.42. The fraction of sp³-hybridized carbons (Fsp3) is 0.364. The van der Waals surface area contributed by atoms with E-state index in [0.29, 0.717) is 23.1 Å². The molecule has 4 nitrogen and oxygen atoms in total. The first-order valence-corrected chi connectivity index (χ1v) is 5.00. The summed E-state index contributed by atoms with van der Waals surface area (Å²) in [6, 6.07) is 5.33. The van der Waals surface area contributed by atoms with Crippen molar-refractivity contribution in [2.75, 3.05) is 5.73 Å². The third kappa shape index (κ3) is 1.68. The molecule has 0 amide bonds. The molecule has 4 heteroatoms. The number of hydrogen-bond donors (Lipinski definition) is 2. The Bertz CT molecular complexity index is 476. The molecule has 2 aromatic rings. The van der Waals surface area contributed by atoms with E-state index in [1.54, 1.807) is 6.07 Å². The predicted octanol–water partition coefficient (Wildman–Crippen LogP) is 2.07. The first-order chi connectivity index (χ1) is 7.09. The van der Waals surface area contributed by atoms with E-state index in [2.05, 4.69) is 4.98 Å². The topological polar surface area (TPSA) is 78.1 Å². The van der Waals surface area contributed by atoms with Crippen molar-refractivity contribution in [2.45, 2.75) is 19.9 Å². The average molecular weight is 205 g/mol. The van der Waals surface area contributed by atoms with Crippen LogP contribution < -0.4 is 11.5 Å². The van der Waals surface area contributed by atoms with E-state index in [0.717, 1.165) is 5.52 Å². The highest BCUT2D eigenvalue weighted by Crippen LogP contribution is 2.26. The molecule has 1 atom stereocenters. The summed E-state index contributed by atoms with van der Waals surface area (Å²) in [6.45, 7) is 4.06. The van der Waals surface area contributed by atoms with Gasteiger partial charge in [0.25, 0.3) is 0 Å². The molecule has 0 saturated carbocycles. The van der Waals surface area contributed by atoms with Crippen molar-refractivity contribution in [2.24, 2.45) is 11.7 Å². The van der Waals surface area contributed by atoms with Crippen LogP contribution in [0.25, 0.3) is 11.1 Å². The number of benzene rings is 1. The van der Waals surface area contributed by atoms with Gasteiger partial charge in [0.2, 0.25) is 5.89 Å². The van der Waals surface area contributed by atoms with Crippen LogP contribution in [0.15, 0.2) is 22.6 Å². The van der Waals surface area contributed by atoms with Gasteiger partial charge in [0, 0.05) is 0 Å². The average Bonchev–Trinajstić information content (AvgIpc) is 2.61. The minimum Gasteiger partial charge on any atom is -0.437 e. The van der Waals surface area contributed by atoms with Crippen LogP contribution in [0.3, 0.4) is 0 Å². The Morgan fingerprint density at radius 1 is 1.33 bits per heavy atom. The maximum absolute atomic E-state index is 5.95. The first-order valence-electron chi connectivity index (χ1n) is 5.00. The molecule has 0 aliphatic carbocycles. The normalized spacial score (nSPS) is 13.6. The molecule has 15 heavy (non-hydrogen) atoms. The SMILES string of the molecule is CC(C)[C@H](N)c1nc2cccc(N)c2o1. The number of hydrogen-bond acceptors (Lipinski definition) is 4. The zero-order valence-electron chi connectivity index (χ0n) is 8.90. The van der Waals surface area contributed by atoms with Gasteiger partial charge in [-0.05, 0) is 18.1 Å². The summed E-state index contributed by atoms with van der Waals surface area (Å²) in [4.78, 5) is 4.32. The second-order valence-electron chi connectivity index (χ2n) is 4.02. The van der Waals surface area contributed by atoms with E-state index < -0.39 is 0 Å². The predicted molar refractivity (Wildman–Crippen MR) is 60.2 cm³/mol. The molecule has 0 saturated heterocycles. The Balaban J connectivity index is 2.52. The van der Waals surface area contributed by atoms with Gasteiger partial charge in [0.05, 0.1) is 11.7 Å². The zero-order valence-corrected chi connectivity index (χ0v) is 8.90. The monoisotopic (exact) mass is 205 g/mol.